The van der Waals surface area contributed by atoms with Crippen LogP contribution in [0.2, 0.25) is 0 Å². The number of amides is 2. The third-order valence-electron chi connectivity index (χ3n) is 8.48. The summed E-state index contributed by atoms with van der Waals surface area (Å²) in [5.74, 6) is 2.11. The Morgan fingerprint density at radius 1 is 1.22 bits per heavy atom. The number of likely N-dealkylation sites (tertiary alicyclic amines) is 1. The van der Waals surface area contributed by atoms with Gasteiger partial charge in [-0.3, -0.25) is 9.59 Å². The lowest BCUT2D eigenvalue weighted by atomic mass is 9.50. The molecule has 2 amide bonds. The summed E-state index contributed by atoms with van der Waals surface area (Å²) in [4.78, 5) is 27.6. The first kappa shape index (κ1) is 22.3. The van der Waals surface area contributed by atoms with Crippen LogP contribution in [0.5, 0.6) is 11.5 Å². The average molecular weight is 503 g/mol. The highest BCUT2D eigenvalue weighted by Gasteiger charge is 2.57. The molecule has 2 atom stereocenters. The first-order chi connectivity index (χ1) is 17.7. The molecule has 8 rings (SSSR count). The zero-order chi connectivity index (χ0) is 25.6. The number of carbonyl (C=O) groups excluding carboxylic acids is 2. The van der Waals surface area contributed by atoms with Crippen LogP contribution in [-0.2, 0) is 0 Å². The molecule has 4 heterocycles. The number of hydrogen-bond donors (Lipinski definition) is 1. The van der Waals surface area contributed by atoms with Crippen LogP contribution < -0.4 is 10.1 Å². The lowest BCUT2D eigenvalue weighted by molar-refractivity contribution is -0.0438. The van der Waals surface area contributed by atoms with Crippen molar-refractivity contribution in [1.29, 1.82) is 0 Å². The average Bonchev–Trinajstić information content (AvgIpc) is 3.34. The summed E-state index contributed by atoms with van der Waals surface area (Å²) >= 11 is 0. The normalized spacial score (nSPS) is 25.9. The maximum atomic E-state index is 13.7. The van der Waals surface area contributed by atoms with Gasteiger partial charge in [0.15, 0.2) is 5.75 Å². The molecule has 0 spiro atoms. The molecular formula is C28H27FN4O4. The van der Waals surface area contributed by atoms with Crippen molar-refractivity contribution in [1.82, 2.24) is 19.8 Å². The number of aryl methyl sites for hydroxylation is 2. The number of benzene rings is 1. The van der Waals surface area contributed by atoms with E-state index in [0.717, 1.165) is 30.6 Å². The van der Waals surface area contributed by atoms with Crippen LogP contribution in [0.15, 0.2) is 41.1 Å². The van der Waals surface area contributed by atoms with Gasteiger partial charge in [-0.1, -0.05) is 0 Å². The topological polar surface area (TPSA) is 89.1 Å². The van der Waals surface area contributed by atoms with Gasteiger partial charge in [-0.15, -0.1) is 0 Å². The minimum atomic E-state index is -0.992. The number of nitrogens with one attached hydrogen (secondary N) is 1. The van der Waals surface area contributed by atoms with E-state index in [1.165, 1.54) is 4.90 Å². The van der Waals surface area contributed by atoms with E-state index in [2.05, 4.69) is 10.4 Å². The van der Waals surface area contributed by atoms with Gasteiger partial charge in [0.25, 0.3) is 11.8 Å². The summed E-state index contributed by atoms with van der Waals surface area (Å²) in [6, 6.07) is 6.72. The fourth-order valence-corrected chi connectivity index (χ4v) is 6.11. The van der Waals surface area contributed by atoms with Gasteiger partial charge in [0.2, 0.25) is 0 Å². The number of carbonyl (C=O) groups is 2. The smallest absolute Gasteiger partial charge is 0.256 e. The zero-order valence-corrected chi connectivity index (χ0v) is 20.9. The summed E-state index contributed by atoms with van der Waals surface area (Å²) in [5.41, 5.74) is 2.97. The minimum absolute atomic E-state index is 0.00980. The highest BCUT2D eigenvalue weighted by Crippen LogP contribution is 2.57. The van der Waals surface area contributed by atoms with E-state index in [9.17, 15) is 14.0 Å². The number of hydrogen-bond acceptors (Lipinski definition) is 5. The van der Waals surface area contributed by atoms with Gasteiger partial charge in [0, 0.05) is 29.3 Å². The van der Waals surface area contributed by atoms with Crippen LogP contribution >= 0.6 is 0 Å². The van der Waals surface area contributed by atoms with Gasteiger partial charge >= 0.3 is 0 Å². The summed E-state index contributed by atoms with van der Waals surface area (Å²) in [5, 5.41) is 8.30. The van der Waals surface area contributed by atoms with Crippen molar-refractivity contribution >= 4 is 28.3 Å². The quantitative estimate of drug-likeness (QED) is 0.417. The summed E-state index contributed by atoms with van der Waals surface area (Å²) in [6.07, 6.45) is 5.49. The Bertz CT molecular complexity index is 1600. The second kappa shape index (κ2) is 7.57. The SMILES string of the molecule is Cc1oc2cc(Oc3ccnn4cc(C(=O)N5C[C@H](F)[C@@H]5C)c(C)c34)ccc2c1C(=O)NC12CC(C1)C2. The predicted octanol–water partition coefficient (Wildman–Crippen LogP) is 4.95. The Morgan fingerprint density at radius 3 is 2.68 bits per heavy atom. The molecule has 1 N–H and O–H groups in total. The molecule has 0 unspecified atom stereocenters. The number of alkyl halides is 1. The van der Waals surface area contributed by atoms with Crippen molar-refractivity contribution < 1.29 is 23.1 Å². The van der Waals surface area contributed by atoms with Crippen LogP contribution in [0.4, 0.5) is 4.39 Å². The number of nitrogens with zero attached hydrogens (tertiary/aromatic N) is 3. The van der Waals surface area contributed by atoms with Gasteiger partial charge in [-0.05, 0) is 63.6 Å². The number of aromatic nitrogens is 2. The number of rotatable bonds is 5. The highest BCUT2D eigenvalue weighted by molar-refractivity contribution is 6.08. The van der Waals surface area contributed by atoms with E-state index in [1.807, 2.05) is 13.0 Å². The van der Waals surface area contributed by atoms with Crippen molar-refractivity contribution in [2.45, 2.75) is 57.8 Å². The molecule has 4 aromatic rings. The van der Waals surface area contributed by atoms with Crippen molar-refractivity contribution in [3.63, 3.8) is 0 Å². The molecule has 4 fully saturated rings. The Labute approximate surface area is 212 Å². The summed E-state index contributed by atoms with van der Waals surface area (Å²) in [7, 11) is 0. The summed E-state index contributed by atoms with van der Waals surface area (Å²) in [6.45, 7) is 5.45. The molecule has 190 valence electrons. The van der Waals surface area contributed by atoms with Crippen LogP contribution in [0, 0.1) is 19.8 Å². The summed E-state index contributed by atoms with van der Waals surface area (Å²) < 4.78 is 27.4. The van der Waals surface area contributed by atoms with Gasteiger partial charge in [-0.25, -0.2) is 8.91 Å². The minimum Gasteiger partial charge on any atom is -0.460 e. The van der Waals surface area contributed by atoms with Crippen LogP contribution in [0.3, 0.4) is 0 Å². The van der Waals surface area contributed by atoms with E-state index < -0.39 is 12.2 Å². The van der Waals surface area contributed by atoms with E-state index in [-0.39, 0.29) is 23.9 Å². The van der Waals surface area contributed by atoms with E-state index in [1.54, 1.807) is 49.0 Å². The number of furan rings is 1. The highest BCUT2D eigenvalue weighted by atomic mass is 19.1. The van der Waals surface area contributed by atoms with E-state index in [0.29, 0.717) is 45.0 Å². The molecule has 1 aliphatic heterocycles. The first-order valence-corrected chi connectivity index (χ1v) is 12.7. The Balaban J connectivity index is 1.18. The predicted molar refractivity (Wildman–Crippen MR) is 134 cm³/mol. The largest absolute Gasteiger partial charge is 0.460 e. The number of fused-ring (bicyclic) bond motifs is 2. The molecule has 3 saturated carbocycles. The maximum Gasteiger partial charge on any atom is 0.256 e. The lowest BCUT2D eigenvalue weighted by Gasteiger charge is -2.61. The monoisotopic (exact) mass is 502 g/mol. The second-order valence-corrected chi connectivity index (χ2v) is 10.9. The third kappa shape index (κ3) is 3.22. The van der Waals surface area contributed by atoms with Gasteiger partial charge in [0.1, 0.15) is 28.8 Å². The molecule has 9 heteroatoms. The Kier molecular flexibility index (Phi) is 4.57. The molecule has 2 bridgehead atoms. The standard InChI is InChI=1S/C28H27FN4O4/c1-14-20(27(35)32-13-21(29)15(32)2)12-33-25(14)22(6-7-30-33)37-18-4-5-19-23(8-18)36-16(3)24(19)26(34)31-28-9-17(10-28)11-28/h4-8,12,15,17,21H,9-11,13H2,1-3H3,(H,31,34)/t15-,17?,21-,28?/m0/s1. The van der Waals surface area contributed by atoms with Crippen LogP contribution in [0.25, 0.3) is 16.5 Å². The number of halogens is 1. The van der Waals surface area contributed by atoms with E-state index >= 15 is 0 Å². The Morgan fingerprint density at radius 2 is 2.00 bits per heavy atom. The second-order valence-electron chi connectivity index (χ2n) is 10.9. The molecule has 37 heavy (non-hydrogen) atoms. The van der Waals surface area contributed by atoms with E-state index in [4.69, 9.17) is 9.15 Å². The zero-order valence-electron chi connectivity index (χ0n) is 20.9. The number of ether oxygens (including phenoxy) is 1. The maximum absolute atomic E-state index is 13.7. The molecule has 8 nitrogen and oxygen atoms in total. The van der Waals surface area contributed by atoms with Crippen molar-refractivity contribution in [2.75, 3.05) is 6.54 Å². The van der Waals surface area contributed by atoms with Crippen molar-refractivity contribution in [2.24, 2.45) is 5.92 Å². The molecular weight excluding hydrogens is 475 g/mol. The molecule has 0 radical (unpaired) electrons. The van der Waals surface area contributed by atoms with Gasteiger partial charge in [0.05, 0.1) is 29.9 Å². The lowest BCUT2D eigenvalue weighted by Crippen LogP contribution is -2.68. The molecule has 3 aromatic heterocycles. The van der Waals surface area contributed by atoms with Crippen molar-refractivity contribution in [3.8, 4) is 11.5 Å². The molecule has 1 saturated heterocycles. The van der Waals surface area contributed by atoms with Crippen LogP contribution in [-0.4, -0.2) is 50.6 Å². The molecule has 1 aromatic carbocycles. The van der Waals surface area contributed by atoms with Crippen molar-refractivity contribution in [3.05, 3.63) is 59.1 Å². The molecule has 4 aliphatic rings. The first-order valence-electron chi connectivity index (χ1n) is 12.7. The fraction of sp³-hybridized carbons (Fsp3) is 0.393. The van der Waals surface area contributed by atoms with Gasteiger partial charge in [-0.2, -0.15) is 5.10 Å². The van der Waals surface area contributed by atoms with Gasteiger partial charge < -0.3 is 19.4 Å². The fourth-order valence-electron chi connectivity index (χ4n) is 6.11. The van der Waals surface area contributed by atoms with Crippen LogP contribution in [0.1, 0.15) is 58.2 Å². The molecule has 3 aliphatic carbocycles. The third-order valence-corrected chi connectivity index (χ3v) is 8.48. The Hall–Kier alpha value is -3.88.